The Balaban J connectivity index is 2.07. The van der Waals surface area contributed by atoms with Gasteiger partial charge in [0.05, 0.1) is 31.5 Å². The van der Waals surface area contributed by atoms with Gasteiger partial charge in [-0.2, -0.15) is 0 Å². The lowest BCUT2D eigenvalue weighted by Gasteiger charge is -2.13. The first-order valence-electron chi connectivity index (χ1n) is 8.09. The number of carbonyl (C=O) groups excluding carboxylic acids is 2. The molecule has 0 spiro atoms. The minimum absolute atomic E-state index is 0.175. The van der Waals surface area contributed by atoms with Crippen LogP contribution in [0.4, 0.5) is 5.69 Å². The lowest BCUT2D eigenvalue weighted by molar-refractivity contribution is -0.118. The van der Waals surface area contributed by atoms with Crippen LogP contribution in [0.1, 0.15) is 17.3 Å². The van der Waals surface area contributed by atoms with E-state index in [0.29, 0.717) is 17.2 Å². The highest BCUT2D eigenvalue weighted by Crippen LogP contribution is 2.31. The van der Waals surface area contributed by atoms with Crippen molar-refractivity contribution in [2.45, 2.75) is 6.92 Å². The number of ether oxygens (including phenoxy) is 4. The third-order valence-corrected chi connectivity index (χ3v) is 3.78. The van der Waals surface area contributed by atoms with Crippen LogP contribution in [0.25, 0.3) is 0 Å². The SMILES string of the molecule is CCOC(=O)c1cc(Cl)c(NC(=O)COc2cccc(OC)c2)cc1OC. The molecule has 144 valence electrons. The second kappa shape index (κ2) is 9.68. The number of hydrogen-bond donors (Lipinski definition) is 1. The van der Waals surface area contributed by atoms with Gasteiger partial charge in [0.15, 0.2) is 6.61 Å². The summed E-state index contributed by atoms with van der Waals surface area (Å²) >= 11 is 6.17. The van der Waals surface area contributed by atoms with E-state index in [4.69, 9.17) is 30.5 Å². The van der Waals surface area contributed by atoms with Crippen molar-refractivity contribution in [3.05, 3.63) is 47.0 Å². The number of nitrogens with one attached hydrogen (secondary N) is 1. The van der Waals surface area contributed by atoms with Gasteiger partial charge >= 0.3 is 5.97 Å². The summed E-state index contributed by atoms with van der Waals surface area (Å²) in [5.41, 5.74) is 0.468. The molecule has 1 N–H and O–H groups in total. The van der Waals surface area contributed by atoms with Gasteiger partial charge in [-0.25, -0.2) is 4.79 Å². The summed E-state index contributed by atoms with van der Waals surface area (Å²) in [6, 6.07) is 9.73. The zero-order valence-electron chi connectivity index (χ0n) is 15.2. The second-order valence-corrected chi connectivity index (χ2v) is 5.68. The molecule has 0 saturated carbocycles. The van der Waals surface area contributed by atoms with Crippen molar-refractivity contribution in [1.82, 2.24) is 0 Å². The lowest BCUT2D eigenvalue weighted by atomic mass is 10.1. The molecule has 0 radical (unpaired) electrons. The summed E-state index contributed by atoms with van der Waals surface area (Å²) in [7, 11) is 2.95. The van der Waals surface area contributed by atoms with Crippen molar-refractivity contribution in [2.24, 2.45) is 0 Å². The first kappa shape index (κ1) is 20.4. The maximum Gasteiger partial charge on any atom is 0.341 e. The third kappa shape index (κ3) is 5.52. The first-order valence-corrected chi connectivity index (χ1v) is 8.47. The molecule has 27 heavy (non-hydrogen) atoms. The Morgan fingerprint density at radius 1 is 1.07 bits per heavy atom. The van der Waals surface area contributed by atoms with E-state index in [9.17, 15) is 9.59 Å². The molecule has 0 aliphatic heterocycles. The van der Waals surface area contributed by atoms with E-state index in [-0.39, 0.29) is 29.5 Å². The van der Waals surface area contributed by atoms with Gasteiger partial charge in [-0.15, -0.1) is 0 Å². The molecule has 2 rings (SSSR count). The van der Waals surface area contributed by atoms with Crippen molar-refractivity contribution < 1.29 is 28.5 Å². The Bertz CT molecular complexity index is 824. The number of benzene rings is 2. The van der Waals surface area contributed by atoms with Crippen LogP contribution in [0.2, 0.25) is 5.02 Å². The lowest BCUT2D eigenvalue weighted by Crippen LogP contribution is -2.20. The van der Waals surface area contributed by atoms with Gasteiger partial charge in [-0.1, -0.05) is 17.7 Å². The minimum atomic E-state index is -0.560. The summed E-state index contributed by atoms with van der Waals surface area (Å²) in [5.74, 6) is 0.365. The molecule has 0 atom stereocenters. The summed E-state index contributed by atoms with van der Waals surface area (Å²) in [4.78, 5) is 24.1. The standard InChI is InChI=1S/C19H20ClNO6/c1-4-26-19(23)14-9-15(20)16(10-17(14)25-3)21-18(22)11-27-13-7-5-6-12(8-13)24-2/h5-10H,4,11H2,1-3H3,(H,21,22). The highest BCUT2D eigenvalue weighted by atomic mass is 35.5. The fourth-order valence-corrected chi connectivity index (χ4v) is 2.42. The zero-order chi connectivity index (χ0) is 19.8. The van der Waals surface area contributed by atoms with Crippen LogP contribution in [-0.2, 0) is 9.53 Å². The third-order valence-electron chi connectivity index (χ3n) is 3.47. The number of esters is 1. The van der Waals surface area contributed by atoms with E-state index in [0.717, 1.165) is 0 Å². The molecule has 0 aromatic heterocycles. The predicted octanol–water partition coefficient (Wildman–Crippen LogP) is 3.55. The van der Waals surface area contributed by atoms with Crippen LogP contribution in [0.15, 0.2) is 36.4 Å². The van der Waals surface area contributed by atoms with Gasteiger partial charge in [0.25, 0.3) is 5.91 Å². The molecule has 0 aliphatic rings. The quantitative estimate of drug-likeness (QED) is 0.690. The van der Waals surface area contributed by atoms with Gasteiger partial charge in [0.2, 0.25) is 0 Å². The fourth-order valence-electron chi connectivity index (χ4n) is 2.21. The highest BCUT2D eigenvalue weighted by Gasteiger charge is 2.18. The van der Waals surface area contributed by atoms with Gasteiger partial charge in [-0.3, -0.25) is 4.79 Å². The summed E-state index contributed by atoms with van der Waals surface area (Å²) in [6.07, 6.45) is 0. The summed E-state index contributed by atoms with van der Waals surface area (Å²) < 4.78 is 20.7. The van der Waals surface area contributed by atoms with Crippen LogP contribution in [0.3, 0.4) is 0 Å². The van der Waals surface area contributed by atoms with E-state index < -0.39 is 11.9 Å². The average molecular weight is 394 g/mol. The van der Waals surface area contributed by atoms with Crippen molar-refractivity contribution >= 4 is 29.2 Å². The van der Waals surface area contributed by atoms with Crippen molar-refractivity contribution in [3.8, 4) is 17.2 Å². The van der Waals surface area contributed by atoms with Gasteiger partial charge < -0.3 is 24.3 Å². The van der Waals surface area contributed by atoms with E-state index in [1.165, 1.54) is 19.2 Å². The molecule has 0 saturated heterocycles. The maximum absolute atomic E-state index is 12.2. The van der Waals surface area contributed by atoms with Crippen molar-refractivity contribution in [1.29, 1.82) is 0 Å². The molecule has 2 aromatic rings. The maximum atomic E-state index is 12.2. The number of carbonyl (C=O) groups is 2. The van der Waals surface area contributed by atoms with Crippen LogP contribution < -0.4 is 19.5 Å². The molecule has 2 aromatic carbocycles. The molecule has 8 heteroatoms. The Hall–Kier alpha value is -2.93. The minimum Gasteiger partial charge on any atom is -0.497 e. The van der Waals surface area contributed by atoms with Crippen molar-refractivity contribution in [2.75, 3.05) is 32.8 Å². The average Bonchev–Trinajstić information content (AvgIpc) is 2.68. The monoisotopic (exact) mass is 393 g/mol. The molecule has 0 bridgehead atoms. The predicted molar refractivity (Wildman–Crippen MR) is 101 cm³/mol. The van der Waals surface area contributed by atoms with Gasteiger partial charge in [0, 0.05) is 12.1 Å². The Morgan fingerprint density at radius 2 is 1.81 bits per heavy atom. The number of methoxy groups -OCH3 is 2. The van der Waals surface area contributed by atoms with Gasteiger partial charge in [0.1, 0.15) is 22.8 Å². The molecule has 7 nitrogen and oxygen atoms in total. The molecule has 0 heterocycles. The molecule has 0 fully saturated rings. The smallest absolute Gasteiger partial charge is 0.341 e. The van der Waals surface area contributed by atoms with Crippen molar-refractivity contribution in [3.63, 3.8) is 0 Å². The molecule has 0 unspecified atom stereocenters. The summed E-state index contributed by atoms with van der Waals surface area (Å²) in [5, 5.41) is 2.80. The van der Waals surface area contributed by atoms with E-state index >= 15 is 0 Å². The summed E-state index contributed by atoms with van der Waals surface area (Å²) in [6.45, 7) is 1.69. The van der Waals surface area contributed by atoms with Gasteiger partial charge in [-0.05, 0) is 25.1 Å². The van der Waals surface area contributed by atoms with E-state index in [1.807, 2.05) is 0 Å². The topological polar surface area (TPSA) is 83.1 Å². The number of hydrogen-bond acceptors (Lipinski definition) is 6. The Kier molecular flexibility index (Phi) is 7.31. The molecule has 1 amide bonds. The van der Waals surface area contributed by atoms with E-state index in [1.54, 1.807) is 38.3 Å². The first-order chi connectivity index (χ1) is 13.0. The molecule has 0 aliphatic carbocycles. The fraction of sp³-hybridized carbons (Fsp3) is 0.263. The molecular formula is C19H20ClNO6. The second-order valence-electron chi connectivity index (χ2n) is 5.27. The highest BCUT2D eigenvalue weighted by molar-refractivity contribution is 6.34. The van der Waals surface area contributed by atoms with Crippen LogP contribution >= 0.6 is 11.6 Å². The molecular weight excluding hydrogens is 374 g/mol. The van der Waals surface area contributed by atoms with Crippen LogP contribution in [0.5, 0.6) is 17.2 Å². The van der Waals surface area contributed by atoms with Crippen LogP contribution in [0, 0.1) is 0 Å². The Morgan fingerprint density at radius 3 is 2.48 bits per heavy atom. The number of rotatable bonds is 8. The van der Waals surface area contributed by atoms with Crippen LogP contribution in [-0.4, -0.2) is 39.3 Å². The number of halogens is 1. The Labute approximate surface area is 162 Å². The number of anilines is 1. The largest absolute Gasteiger partial charge is 0.497 e. The normalized spacial score (nSPS) is 10.1. The van der Waals surface area contributed by atoms with E-state index in [2.05, 4.69) is 5.32 Å². The zero-order valence-corrected chi connectivity index (χ0v) is 16.0. The number of amides is 1.